The second-order valence-electron chi connectivity index (χ2n) is 4.46. The van der Waals surface area contributed by atoms with E-state index in [2.05, 4.69) is 5.32 Å². The molecule has 0 saturated heterocycles. The molecule has 0 aromatic heterocycles. The van der Waals surface area contributed by atoms with Crippen LogP contribution in [0.5, 0.6) is 11.5 Å². The van der Waals surface area contributed by atoms with Gasteiger partial charge in [0, 0.05) is 25.1 Å². The first-order valence-electron chi connectivity index (χ1n) is 6.30. The lowest BCUT2D eigenvalue weighted by Crippen LogP contribution is -2.31. The van der Waals surface area contributed by atoms with Crippen LogP contribution in [0.2, 0.25) is 0 Å². The molecule has 106 valence electrons. The van der Waals surface area contributed by atoms with E-state index in [0.29, 0.717) is 19.4 Å². The van der Waals surface area contributed by atoms with Gasteiger partial charge in [0.1, 0.15) is 11.5 Å². The molecule has 0 fully saturated rings. The summed E-state index contributed by atoms with van der Waals surface area (Å²) in [4.78, 5) is 11.5. The number of nitrogens with two attached hydrogens (primary N) is 1. The topological polar surface area (TPSA) is 73.6 Å². The number of carbonyl (C=O) groups is 1. The van der Waals surface area contributed by atoms with Crippen LogP contribution >= 0.6 is 0 Å². The Bertz CT molecular complexity index is 419. The SMILES string of the molecule is COc1ccc(CCNC(=O)CC(C)N)c(OC)c1. The Morgan fingerprint density at radius 2 is 2.11 bits per heavy atom. The quantitative estimate of drug-likeness (QED) is 0.775. The van der Waals surface area contributed by atoms with E-state index in [1.807, 2.05) is 25.1 Å². The Morgan fingerprint density at radius 3 is 2.68 bits per heavy atom. The summed E-state index contributed by atoms with van der Waals surface area (Å²) in [5.74, 6) is 1.49. The first-order chi connectivity index (χ1) is 9.06. The minimum absolute atomic E-state index is 0.0255. The van der Waals surface area contributed by atoms with Crippen LogP contribution in [0, 0.1) is 0 Å². The van der Waals surface area contributed by atoms with Crippen LogP contribution in [-0.2, 0) is 11.2 Å². The van der Waals surface area contributed by atoms with Crippen molar-refractivity contribution in [3.05, 3.63) is 23.8 Å². The Kier molecular flexibility index (Phi) is 6.15. The van der Waals surface area contributed by atoms with Gasteiger partial charge in [0.15, 0.2) is 0 Å². The molecule has 1 unspecified atom stereocenters. The minimum Gasteiger partial charge on any atom is -0.497 e. The Morgan fingerprint density at radius 1 is 1.37 bits per heavy atom. The molecule has 5 heteroatoms. The molecule has 0 bridgehead atoms. The summed E-state index contributed by atoms with van der Waals surface area (Å²) in [5.41, 5.74) is 6.59. The van der Waals surface area contributed by atoms with Crippen molar-refractivity contribution in [2.45, 2.75) is 25.8 Å². The number of hydrogen-bond acceptors (Lipinski definition) is 4. The van der Waals surface area contributed by atoms with Crippen LogP contribution in [0.3, 0.4) is 0 Å². The maximum absolute atomic E-state index is 11.5. The molecular weight excluding hydrogens is 244 g/mol. The maximum Gasteiger partial charge on any atom is 0.221 e. The van der Waals surface area contributed by atoms with E-state index in [-0.39, 0.29) is 11.9 Å². The third-order valence-electron chi connectivity index (χ3n) is 2.72. The Hall–Kier alpha value is -1.75. The summed E-state index contributed by atoms with van der Waals surface area (Å²) in [6.07, 6.45) is 1.05. The summed E-state index contributed by atoms with van der Waals surface area (Å²) in [6.45, 7) is 2.38. The Labute approximate surface area is 114 Å². The molecule has 5 nitrogen and oxygen atoms in total. The lowest BCUT2D eigenvalue weighted by atomic mass is 10.1. The van der Waals surface area contributed by atoms with Crippen molar-refractivity contribution in [1.82, 2.24) is 5.32 Å². The van der Waals surface area contributed by atoms with Crippen molar-refractivity contribution < 1.29 is 14.3 Å². The lowest BCUT2D eigenvalue weighted by molar-refractivity contribution is -0.121. The van der Waals surface area contributed by atoms with Crippen molar-refractivity contribution in [2.75, 3.05) is 20.8 Å². The van der Waals surface area contributed by atoms with Gasteiger partial charge in [-0.1, -0.05) is 6.07 Å². The molecule has 1 atom stereocenters. The zero-order valence-electron chi connectivity index (χ0n) is 11.7. The van der Waals surface area contributed by atoms with Gasteiger partial charge >= 0.3 is 0 Å². The lowest BCUT2D eigenvalue weighted by Gasteiger charge is -2.11. The van der Waals surface area contributed by atoms with Crippen LogP contribution in [0.15, 0.2) is 18.2 Å². The average molecular weight is 266 g/mol. The molecule has 3 N–H and O–H groups in total. The highest BCUT2D eigenvalue weighted by molar-refractivity contribution is 5.76. The smallest absolute Gasteiger partial charge is 0.221 e. The van der Waals surface area contributed by atoms with E-state index in [0.717, 1.165) is 17.1 Å². The zero-order chi connectivity index (χ0) is 14.3. The summed E-state index contributed by atoms with van der Waals surface area (Å²) in [6, 6.07) is 5.53. The van der Waals surface area contributed by atoms with E-state index in [1.54, 1.807) is 14.2 Å². The number of hydrogen-bond donors (Lipinski definition) is 2. The molecule has 0 saturated carbocycles. The number of nitrogens with one attached hydrogen (secondary N) is 1. The molecular formula is C14H22N2O3. The highest BCUT2D eigenvalue weighted by Crippen LogP contribution is 2.24. The van der Waals surface area contributed by atoms with Crippen molar-refractivity contribution in [2.24, 2.45) is 5.73 Å². The van der Waals surface area contributed by atoms with E-state index < -0.39 is 0 Å². The highest BCUT2D eigenvalue weighted by Gasteiger charge is 2.07. The summed E-state index contributed by atoms with van der Waals surface area (Å²) in [5, 5.41) is 2.84. The molecule has 1 aromatic rings. The molecule has 0 aliphatic heterocycles. The zero-order valence-corrected chi connectivity index (χ0v) is 11.7. The fourth-order valence-corrected chi connectivity index (χ4v) is 1.76. The van der Waals surface area contributed by atoms with Crippen LogP contribution in [0.25, 0.3) is 0 Å². The van der Waals surface area contributed by atoms with Gasteiger partial charge in [-0.15, -0.1) is 0 Å². The van der Waals surface area contributed by atoms with E-state index in [9.17, 15) is 4.79 Å². The van der Waals surface area contributed by atoms with Crippen molar-refractivity contribution in [3.8, 4) is 11.5 Å². The fraction of sp³-hybridized carbons (Fsp3) is 0.500. The molecule has 0 radical (unpaired) electrons. The molecule has 0 aliphatic rings. The Balaban J connectivity index is 2.51. The van der Waals surface area contributed by atoms with Gasteiger partial charge in [0.25, 0.3) is 0 Å². The predicted molar refractivity (Wildman–Crippen MR) is 74.5 cm³/mol. The van der Waals surface area contributed by atoms with Crippen LogP contribution < -0.4 is 20.5 Å². The molecule has 1 rings (SSSR count). The maximum atomic E-state index is 11.5. The standard InChI is InChI=1S/C14H22N2O3/c1-10(15)8-14(17)16-7-6-11-4-5-12(18-2)9-13(11)19-3/h4-5,9-10H,6-8,15H2,1-3H3,(H,16,17). The van der Waals surface area contributed by atoms with Crippen molar-refractivity contribution >= 4 is 5.91 Å². The largest absolute Gasteiger partial charge is 0.497 e. The number of methoxy groups -OCH3 is 2. The van der Waals surface area contributed by atoms with E-state index in [4.69, 9.17) is 15.2 Å². The van der Waals surface area contributed by atoms with Crippen LogP contribution in [0.4, 0.5) is 0 Å². The number of carbonyl (C=O) groups excluding carboxylic acids is 1. The second-order valence-corrected chi connectivity index (χ2v) is 4.46. The number of rotatable bonds is 7. The van der Waals surface area contributed by atoms with Gasteiger partial charge in [-0.25, -0.2) is 0 Å². The highest BCUT2D eigenvalue weighted by atomic mass is 16.5. The summed E-state index contributed by atoms with van der Waals surface area (Å²) >= 11 is 0. The van der Waals surface area contributed by atoms with Gasteiger partial charge in [0.2, 0.25) is 5.91 Å². The third-order valence-corrected chi connectivity index (χ3v) is 2.72. The second kappa shape index (κ2) is 7.63. The first kappa shape index (κ1) is 15.3. The first-order valence-corrected chi connectivity index (χ1v) is 6.30. The normalized spacial score (nSPS) is 11.8. The number of benzene rings is 1. The van der Waals surface area contributed by atoms with Crippen LogP contribution in [0.1, 0.15) is 18.9 Å². The predicted octanol–water partition coefficient (Wildman–Crippen LogP) is 1.10. The monoisotopic (exact) mass is 266 g/mol. The molecule has 1 aromatic carbocycles. The van der Waals surface area contributed by atoms with E-state index >= 15 is 0 Å². The van der Waals surface area contributed by atoms with Gasteiger partial charge in [0.05, 0.1) is 14.2 Å². The van der Waals surface area contributed by atoms with E-state index in [1.165, 1.54) is 0 Å². The minimum atomic E-state index is -0.115. The molecule has 0 spiro atoms. The van der Waals surface area contributed by atoms with Gasteiger partial charge in [-0.3, -0.25) is 4.79 Å². The van der Waals surface area contributed by atoms with Gasteiger partial charge in [-0.2, -0.15) is 0 Å². The molecule has 1 amide bonds. The molecule has 0 heterocycles. The van der Waals surface area contributed by atoms with Crippen molar-refractivity contribution in [3.63, 3.8) is 0 Å². The van der Waals surface area contributed by atoms with Gasteiger partial charge < -0.3 is 20.5 Å². The van der Waals surface area contributed by atoms with Gasteiger partial charge in [-0.05, 0) is 25.0 Å². The van der Waals surface area contributed by atoms with Crippen molar-refractivity contribution in [1.29, 1.82) is 0 Å². The summed E-state index contributed by atoms with van der Waals surface area (Å²) < 4.78 is 10.4. The average Bonchev–Trinajstić information content (AvgIpc) is 2.38. The molecule has 19 heavy (non-hydrogen) atoms. The fourth-order valence-electron chi connectivity index (χ4n) is 1.76. The molecule has 0 aliphatic carbocycles. The number of amides is 1. The summed E-state index contributed by atoms with van der Waals surface area (Å²) in [7, 11) is 3.23. The number of ether oxygens (including phenoxy) is 2. The van der Waals surface area contributed by atoms with Crippen LogP contribution in [-0.4, -0.2) is 32.7 Å². The third kappa shape index (κ3) is 5.18.